The molecule has 0 amide bonds. The van der Waals surface area contributed by atoms with Gasteiger partial charge in [-0.15, -0.1) is 0 Å². The quantitative estimate of drug-likeness (QED) is 0.195. The van der Waals surface area contributed by atoms with Crippen molar-refractivity contribution in [3.8, 4) is 0 Å². The maximum absolute atomic E-state index is 8.71. The first-order valence-corrected chi connectivity index (χ1v) is 3.69. The van der Waals surface area contributed by atoms with Crippen molar-refractivity contribution in [3.63, 3.8) is 0 Å². The van der Waals surface area contributed by atoms with Crippen LogP contribution in [0.2, 0.25) is 0 Å². The standard InChI is InChI=1S/C6H14O7/c7-1-5(9)3-11-13-12-4-6(10)2-8/h5-10H,1-4H2. The van der Waals surface area contributed by atoms with Gasteiger partial charge in [-0.25, -0.2) is 9.78 Å². The maximum atomic E-state index is 8.71. The average Bonchev–Trinajstić information content (AvgIpc) is 2.16. The summed E-state index contributed by atoms with van der Waals surface area (Å²) in [5.41, 5.74) is 0. The van der Waals surface area contributed by atoms with E-state index in [0.717, 1.165) is 0 Å². The Bertz CT molecular complexity index is 97.2. The lowest BCUT2D eigenvalue weighted by molar-refractivity contribution is -0.518. The van der Waals surface area contributed by atoms with Crippen molar-refractivity contribution in [2.24, 2.45) is 0 Å². The predicted molar refractivity (Wildman–Crippen MR) is 39.2 cm³/mol. The van der Waals surface area contributed by atoms with Crippen LogP contribution in [0.15, 0.2) is 0 Å². The second-order valence-electron chi connectivity index (χ2n) is 2.31. The van der Waals surface area contributed by atoms with Gasteiger partial charge in [0.15, 0.2) is 0 Å². The number of aliphatic hydroxyl groups is 4. The highest BCUT2D eigenvalue weighted by Crippen LogP contribution is 1.89. The molecule has 13 heavy (non-hydrogen) atoms. The van der Waals surface area contributed by atoms with Crippen LogP contribution < -0.4 is 0 Å². The zero-order chi connectivity index (χ0) is 10.1. The fraction of sp³-hybridized carbons (Fsp3) is 1.00. The van der Waals surface area contributed by atoms with E-state index in [1.165, 1.54) is 0 Å². The largest absolute Gasteiger partial charge is 0.394 e. The summed E-state index contributed by atoms with van der Waals surface area (Å²) in [5, 5.41) is 38.1. The van der Waals surface area contributed by atoms with E-state index in [-0.39, 0.29) is 13.2 Å². The Balaban J connectivity index is 3.08. The van der Waals surface area contributed by atoms with E-state index in [2.05, 4.69) is 14.8 Å². The number of aliphatic hydroxyl groups excluding tert-OH is 4. The highest BCUT2D eigenvalue weighted by molar-refractivity contribution is 4.46. The summed E-state index contributed by atoms with van der Waals surface area (Å²) in [5.74, 6) is 0. The van der Waals surface area contributed by atoms with Gasteiger partial charge in [0.2, 0.25) is 0 Å². The Morgan fingerprint density at radius 1 is 0.846 bits per heavy atom. The molecule has 0 saturated carbocycles. The minimum Gasteiger partial charge on any atom is -0.394 e. The molecule has 80 valence electrons. The van der Waals surface area contributed by atoms with Crippen LogP contribution in [0.5, 0.6) is 0 Å². The Kier molecular flexibility index (Phi) is 8.14. The van der Waals surface area contributed by atoms with Crippen molar-refractivity contribution >= 4 is 0 Å². The molecule has 0 aliphatic carbocycles. The van der Waals surface area contributed by atoms with Crippen LogP contribution in [-0.4, -0.2) is 59.1 Å². The second-order valence-corrected chi connectivity index (χ2v) is 2.31. The summed E-state index contributed by atoms with van der Waals surface area (Å²) >= 11 is 0. The SMILES string of the molecule is OCC(O)COOOCC(O)CO. The lowest BCUT2D eigenvalue weighted by atomic mass is 10.4. The first-order chi connectivity index (χ1) is 6.20. The van der Waals surface area contributed by atoms with E-state index < -0.39 is 25.4 Å². The van der Waals surface area contributed by atoms with Gasteiger partial charge < -0.3 is 20.4 Å². The van der Waals surface area contributed by atoms with Gasteiger partial charge in [0.25, 0.3) is 0 Å². The van der Waals surface area contributed by atoms with Crippen molar-refractivity contribution in [2.75, 3.05) is 26.4 Å². The molecule has 0 aromatic heterocycles. The van der Waals surface area contributed by atoms with Gasteiger partial charge in [-0.3, -0.25) is 0 Å². The van der Waals surface area contributed by atoms with Crippen LogP contribution >= 0.6 is 0 Å². The van der Waals surface area contributed by atoms with Crippen LogP contribution in [0, 0.1) is 0 Å². The molecule has 2 unspecified atom stereocenters. The first kappa shape index (κ1) is 12.7. The molecule has 0 aromatic carbocycles. The molecule has 0 heterocycles. The van der Waals surface area contributed by atoms with E-state index in [1.54, 1.807) is 0 Å². The van der Waals surface area contributed by atoms with Crippen molar-refractivity contribution < 1.29 is 35.2 Å². The Labute approximate surface area is 74.9 Å². The van der Waals surface area contributed by atoms with Crippen molar-refractivity contribution in [1.82, 2.24) is 0 Å². The Morgan fingerprint density at radius 3 is 1.54 bits per heavy atom. The van der Waals surface area contributed by atoms with Gasteiger partial charge in [0.1, 0.15) is 25.4 Å². The third-order valence-electron chi connectivity index (χ3n) is 1.04. The van der Waals surface area contributed by atoms with Crippen LogP contribution in [-0.2, 0) is 14.8 Å². The second kappa shape index (κ2) is 8.32. The molecule has 0 aliphatic heterocycles. The number of hydrogen-bond donors (Lipinski definition) is 4. The summed E-state index contributed by atoms with van der Waals surface area (Å²) in [6, 6.07) is 0. The number of hydrogen-bond acceptors (Lipinski definition) is 7. The average molecular weight is 198 g/mol. The monoisotopic (exact) mass is 198 g/mol. The molecular formula is C6H14O7. The third kappa shape index (κ3) is 8.06. The molecule has 7 heteroatoms. The summed E-state index contributed by atoms with van der Waals surface area (Å²) in [7, 11) is 0. The molecule has 2 atom stereocenters. The molecule has 0 bridgehead atoms. The number of rotatable bonds is 8. The Hall–Kier alpha value is -0.280. The zero-order valence-corrected chi connectivity index (χ0v) is 7.00. The van der Waals surface area contributed by atoms with Gasteiger partial charge in [-0.2, -0.15) is 0 Å². The van der Waals surface area contributed by atoms with Crippen LogP contribution in [0.4, 0.5) is 0 Å². The third-order valence-corrected chi connectivity index (χ3v) is 1.04. The lowest BCUT2D eigenvalue weighted by Crippen LogP contribution is -2.22. The van der Waals surface area contributed by atoms with Crippen LogP contribution in [0.1, 0.15) is 0 Å². The zero-order valence-electron chi connectivity index (χ0n) is 7.00. The van der Waals surface area contributed by atoms with Crippen molar-refractivity contribution in [2.45, 2.75) is 12.2 Å². The minimum atomic E-state index is -1.04. The normalized spacial score (nSPS) is 15.7. The minimum absolute atomic E-state index is 0.244. The molecule has 0 aliphatic rings. The van der Waals surface area contributed by atoms with E-state index in [1.807, 2.05) is 0 Å². The van der Waals surface area contributed by atoms with Crippen LogP contribution in [0.25, 0.3) is 0 Å². The first-order valence-electron chi connectivity index (χ1n) is 3.69. The van der Waals surface area contributed by atoms with Gasteiger partial charge >= 0.3 is 0 Å². The van der Waals surface area contributed by atoms with E-state index in [9.17, 15) is 0 Å². The molecule has 0 radical (unpaired) electrons. The summed E-state index contributed by atoms with van der Waals surface area (Å²) in [6.45, 7) is -1.37. The molecule has 0 fully saturated rings. The lowest BCUT2D eigenvalue weighted by Gasteiger charge is -2.08. The van der Waals surface area contributed by atoms with Gasteiger partial charge in [-0.1, -0.05) is 5.04 Å². The predicted octanol–water partition coefficient (Wildman–Crippen LogP) is -2.43. The molecule has 0 aromatic rings. The highest BCUT2D eigenvalue weighted by Gasteiger charge is 2.04. The van der Waals surface area contributed by atoms with E-state index >= 15 is 0 Å². The van der Waals surface area contributed by atoms with Gasteiger partial charge in [0.05, 0.1) is 13.2 Å². The van der Waals surface area contributed by atoms with Crippen molar-refractivity contribution in [3.05, 3.63) is 0 Å². The summed E-state index contributed by atoms with van der Waals surface area (Å²) in [4.78, 5) is 8.51. The molecule has 4 N–H and O–H groups in total. The molecular weight excluding hydrogens is 184 g/mol. The van der Waals surface area contributed by atoms with Crippen LogP contribution in [0.3, 0.4) is 0 Å². The fourth-order valence-electron chi connectivity index (χ4n) is 0.352. The van der Waals surface area contributed by atoms with Gasteiger partial charge in [0, 0.05) is 0 Å². The van der Waals surface area contributed by atoms with E-state index in [0.29, 0.717) is 0 Å². The molecule has 0 saturated heterocycles. The summed E-state index contributed by atoms with van der Waals surface area (Å²) < 4.78 is 0. The maximum Gasteiger partial charge on any atom is 0.113 e. The summed E-state index contributed by atoms with van der Waals surface area (Å²) in [6.07, 6.45) is -2.07. The molecule has 0 rings (SSSR count). The van der Waals surface area contributed by atoms with Gasteiger partial charge in [-0.05, 0) is 0 Å². The topological polar surface area (TPSA) is 109 Å². The Morgan fingerprint density at radius 2 is 1.23 bits per heavy atom. The van der Waals surface area contributed by atoms with E-state index in [4.69, 9.17) is 20.4 Å². The smallest absolute Gasteiger partial charge is 0.113 e. The molecule has 0 spiro atoms. The highest BCUT2D eigenvalue weighted by atomic mass is 17.5. The molecule has 7 nitrogen and oxygen atoms in total. The van der Waals surface area contributed by atoms with Crippen molar-refractivity contribution in [1.29, 1.82) is 0 Å². The fourth-order valence-corrected chi connectivity index (χ4v) is 0.352.